The highest BCUT2D eigenvalue weighted by molar-refractivity contribution is 5.90. The molecular weight excluding hydrogens is 344 g/mol. The maximum absolute atomic E-state index is 12.5. The van der Waals surface area contributed by atoms with Crippen LogP contribution in [0.25, 0.3) is 21.9 Å². The number of carbonyl (C=O) groups is 1. The van der Waals surface area contributed by atoms with Gasteiger partial charge in [0.2, 0.25) is 5.43 Å². The lowest BCUT2D eigenvalue weighted by molar-refractivity contribution is -0.123. The summed E-state index contributed by atoms with van der Waals surface area (Å²) in [5.74, 6) is 0.215. The zero-order chi connectivity index (χ0) is 18.6. The van der Waals surface area contributed by atoms with E-state index in [1.54, 1.807) is 48.8 Å². The van der Waals surface area contributed by atoms with Crippen molar-refractivity contribution in [2.45, 2.75) is 6.54 Å². The van der Waals surface area contributed by atoms with E-state index in [1.807, 2.05) is 18.2 Å². The number of carbonyl (C=O) groups excluding carboxylic acids is 1. The first-order chi connectivity index (χ1) is 13.2. The Balaban J connectivity index is 1.47. The number of hydrogen-bond donors (Lipinski definition) is 1. The van der Waals surface area contributed by atoms with Gasteiger partial charge in [-0.15, -0.1) is 0 Å². The molecule has 2 aromatic heterocycles. The van der Waals surface area contributed by atoms with Gasteiger partial charge in [-0.25, -0.2) is 0 Å². The van der Waals surface area contributed by atoms with Gasteiger partial charge in [0.05, 0.1) is 10.8 Å². The van der Waals surface area contributed by atoms with Crippen molar-refractivity contribution in [1.29, 1.82) is 0 Å². The van der Waals surface area contributed by atoms with Gasteiger partial charge in [-0.1, -0.05) is 12.1 Å². The standard InChI is InChI=1S/C21H16N2O4/c24-20(23-12-14-7-9-22-10-8-14)13-26-15-5-6-17-19(11-15)27-18-4-2-1-3-16(18)21(17)25/h1-11H,12-13H2,(H,23,24). The number of hydrogen-bond acceptors (Lipinski definition) is 5. The van der Waals surface area contributed by atoms with Crippen molar-refractivity contribution >= 4 is 27.8 Å². The minimum absolute atomic E-state index is 0.0894. The van der Waals surface area contributed by atoms with E-state index < -0.39 is 0 Å². The van der Waals surface area contributed by atoms with Crippen LogP contribution < -0.4 is 15.5 Å². The molecule has 4 rings (SSSR count). The van der Waals surface area contributed by atoms with Crippen LogP contribution in [0.3, 0.4) is 0 Å². The van der Waals surface area contributed by atoms with Crippen LogP contribution >= 0.6 is 0 Å². The summed E-state index contributed by atoms with van der Waals surface area (Å²) in [6, 6.07) is 15.7. The number of nitrogens with one attached hydrogen (secondary N) is 1. The summed E-state index contributed by atoms with van der Waals surface area (Å²) >= 11 is 0. The van der Waals surface area contributed by atoms with Crippen LogP contribution in [0.4, 0.5) is 0 Å². The Morgan fingerprint density at radius 3 is 2.63 bits per heavy atom. The molecule has 0 aliphatic rings. The molecule has 2 aromatic carbocycles. The van der Waals surface area contributed by atoms with Gasteiger partial charge in [0.1, 0.15) is 16.9 Å². The molecule has 0 spiro atoms. The van der Waals surface area contributed by atoms with Crippen molar-refractivity contribution in [2.24, 2.45) is 0 Å². The van der Waals surface area contributed by atoms with Crippen LogP contribution in [-0.2, 0) is 11.3 Å². The average Bonchev–Trinajstić information content (AvgIpc) is 2.71. The van der Waals surface area contributed by atoms with Gasteiger partial charge >= 0.3 is 0 Å². The van der Waals surface area contributed by atoms with Crippen molar-refractivity contribution in [3.05, 3.63) is 82.8 Å². The minimum atomic E-state index is -0.244. The summed E-state index contributed by atoms with van der Waals surface area (Å²) in [4.78, 5) is 28.4. The fraction of sp³-hybridized carbons (Fsp3) is 0.0952. The SMILES string of the molecule is O=C(COc1ccc2c(=O)c3ccccc3oc2c1)NCc1ccncc1. The molecule has 4 aromatic rings. The molecule has 0 aliphatic carbocycles. The van der Waals surface area contributed by atoms with E-state index >= 15 is 0 Å². The minimum Gasteiger partial charge on any atom is -0.484 e. The highest BCUT2D eigenvalue weighted by Gasteiger charge is 2.09. The lowest BCUT2D eigenvalue weighted by Gasteiger charge is -2.08. The first-order valence-corrected chi connectivity index (χ1v) is 8.45. The van der Waals surface area contributed by atoms with Crippen molar-refractivity contribution < 1.29 is 13.9 Å². The normalized spacial score (nSPS) is 10.8. The molecule has 6 heteroatoms. The maximum Gasteiger partial charge on any atom is 0.258 e. The number of ether oxygens (including phenoxy) is 1. The Morgan fingerprint density at radius 1 is 1.00 bits per heavy atom. The Morgan fingerprint density at radius 2 is 1.78 bits per heavy atom. The predicted molar refractivity (Wildman–Crippen MR) is 102 cm³/mol. The molecule has 1 N–H and O–H groups in total. The summed E-state index contributed by atoms with van der Waals surface area (Å²) in [6.07, 6.45) is 3.34. The molecule has 0 bridgehead atoms. The van der Waals surface area contributed by atoms with Gasteiger partial charge < -0.3 is 14.5 Å². The largest absolute Gasteiger partial charge is 0.484 e. The molecule has 27 heavy (non-hydrogen) atoms. The van der Waals surface area contributed by atoms with Crippen LogP contribution in [0.1, 0.15) is 5.56 Å². The summed E-state index contributed by atoms with van der Waals surface area (Å²) in [7, 11) is 0. The number of pyridine rings is 1. The first kappa shape index (κ1) is 16.8. The quantitative estimate of drug-likeness (QED) is 0.553. The number of aromatic nitrogens is 1. The van der Waals surface area contributed by atoms with E-state index in [0.29, 0.717) is 34.2 Å². The Labute approximate surface area is 154 Å². The van der Waals surface area contributed by atoms with Crippen LogP contribution in [0.5, 0.6) is 5.75 Å². The number of fused-ring (bicyclic) bond motifs is 2. The molecule has 0 saturated carbocycles. The van der Waals surface area contributed by atoms with Gasteiger partial charge in [-0.05, 0) is 42.0 Å². The fourth-order valence-corrected chi connectivity index (χ4v) is 2.77. The number of nitrogens with zero attached hydrogens (tertiary/aromatic N) is 1. The smallest absolute Gasteiger partial charge is 0.258 e. The third-order valence-electron chi connectivity index (χ3n) is 4.16. The predicted octanol–water partition coefficient (Wildman–Crippen LogP) is 3.04. The van der Waals surface area contributed by atoms with E-state index in [-0.39, 0.29) is 17.9 Å². The lowest BCUT2D eigenvalue weighted by atomic mass is 10.1. The molecule has 0 aliphatic heterocycles. The number of rotatable bonds is 5. The van der Waals surface area contributed by atoms with Crippen molar-refractivity contribution in [2.75, 3.05) is 6.61 Å². The highest BCUT2D eigenvalue weighted by atomic mass is 16.5. The molecule has 2 heterocycles. The Bertz CT molecular complexity index is 1170. The summed E-state index contributed by atoms with van der Waals surface area (Å²) < 4.78 is 11.3. The highest BCUT2D eigenvalue weighted by Crippen LogP contribution is 2.22. The van der Waals surface area contributed by atoms with E-state index in [0.717, 1.165) is 5.56 Å². The zero-order valence-corrected chi connectivity index (χ0v) is 14.3. The molecule has 0 saturated heterocycles. The molecular formula is C21H16N2O4. The molecule has 6 nitrogen and oxygen atoms in total. The summed E-state index contributed by atoms with van der Waals surface area (Å²) in [5, 5.41) is 3.79. The number of benzene rings is 2. The van der Waals surface area contributed by atoms with E-state index in [2.05, 4.69) is 10.3 Å². The number of amides is 1. The fourth-order valence-electron chi connectivity index (χ4n) is 2.77. The van der Waals surface area contributed by atoms with E-state index in [1.165, 1.54) is 0 Å². The molecule has 0 fully saturated rings. The number of para-hydroxylation sites is 1. The third-order valence-corrected chi connectivity index (χ3v) is 4.16. The Kier molecular flexibility index (Phi) is 4.53. The van der Waals surface area contributed by atoms with Crippen molar-refractivity contribution in [3.8, 4) is 5.75 Å². The molecule has 134 valence electrons. The summed E-state index contributed by atoms with van der Waals surface area (Å²) in [6.45, 7) is 0.275. The molecule has 0 radical (unpaired) electrons. The lowest BCUT2D eigenvalue weighted by Crippen LogP contribution is -2.28. The third kappa shape index (κ3) is 3.64. The van der Waals surface area contributed by atoms with E-state index in [9.17, 15) is 9.59 Å². The van der Waals surface area contributed by atoms with Crippen LogP contribution in [0.15, 0.2) is 76.2 Å². The van der Waals surface area contributed by atoms with Crippen LogP contribution in [0, 0.1) is 0 Å². The second kappa shape index (κ2) is 7.29. The Hall–Kier alpha value is -3.67. The van der Waals surface area contributed by atoms with Gasteiger partial charge in [0.15, 0.2) is 6.61 Å². The monoisotopic (exact) mass is 360 g/mol. The first-order valence-electron chi connectivity index (χ1n) is 8.45. The van der Waals surface area contributed by atoms with Gasteiger partial charge in [0.25, 0.3) is 5.91 Å². The maximum atomic E-state index is 12.5. The van der Waals surface area contributed by atoms with Crippen LogP contribution in [-0.4, -0.2) is 17.5 Å². The second-order valence-corrected chi connectivity index (χ2v) is 6.01. The van der Waals surface area contributed by atoms with Crippen molar-refractivity contribution in [1.82, 2.24) is 10.3 Å². The average molecular weight is 360 g/mol. The van der Waals surface area contributed by atoms with Gasteiger partial charge in [-0.3, -0.25) is 14.6 Å². The van der Waals surface area contributed by atoms with Crippen LogP contribution in [0.2, 0.25) is 0 Å². The molecule has 0 atom stereocenters. The topological polar surface area (TPSA) is 81.4 Å². The molecule has 1 amide bonds. The van der Waals surface area contributed by atoms with Crippen molar-refractivity contribution in [3.63, 3.8) is 0 Å². The van der Waals surface area contributed by atoms with Gasteiger partial charge in [0, 0.05) is 25.0 Å². The molecule has 0 unspecified atom stereocenters. The zero-order valence-electron chi connectivity index (χ0n) is 14.3. The summed E-state index contributed by atoms with van der Waals surface area (Å²) in [5.41, 5.74) is 1.81. The van der Waals surface area contributed by atoms with Gasteiger partial charge in [-0.2, -0.15) is 0 Å². The van der Waals surface area contributed by atoms with E-state index in [4.69, 9.17) is 9.15 Å². The second-order valence-electron chi connectivity index (χ2n) is 6.01.